The van der Waals surface area contributed by atoms with Gasteiger partial charge in [0.05, 0.1) is 35.1 Å². The van der Waals surface area contributed by atoms with Crippen molar-refractivity contribution >= 4 is 23.2 Å². The quantitative estimate of drug-likeness (QED) is 0.325. The molecule has 2 aromatic carbocycles. The zero-order chi connectivity index (χ0) is 28.1. The van der Waals surface area contributed by atoms with Crippen LogP contribution >= 0.6 is 23.2 Å². The van der Waals surface area contributed by atoms with Gasteiger partial charge in [0, 0.05) is 17.0 Å². The van der Waals surface area contributed by atoms with Crippen molar-refractivity contribution < 1.29 is 32.5 Å². The van der Waals surface area contributed by atoms with Crippen LogP contribution in [-0.4, -0.2) is 58.8 Å². The molecule has 4 unspecified atom stereocenters. The zero-order valence-electron chi connectivity index (χ0n) is 20.0. The van der Waals surface area contributed by atoms with Gasteiger partial charge in [0.25, 0.3) is 0 Å². The molecule has 0 spiro atoms. The molecule has 0 bridgehead atoms. The van der Waals surface area contributed by atoms with E-state index in [-0.39, 0.29) is 33.8 Å². The Bertz CT molecular complexity index is 1510. The molecule has 1 saturated heterocycles. The summed E-state index contributed by atoms with van der Waals surface area (Å²) in [5.74, 6) is -0.420. The predicted octanol–water partition coefficient (Wildman–Crippen LogP) is 4.72. The summed E-state index contributed by atoms with van der Waals surface area (Å²) >= 11 is 11.9. The molecule has 4 aromatic rings. The Labute approximate surface area is 228 Å². The molecule has 2 aromatic heterocycles. The van der Waals surface area contributed by atoms with Gasteiger partial charge >= 0.3 is 6.18 Å². The smallest absolute Gasteiger partial charge is 0.394 e. The van der Waals surface area contributed by atoms with Crippen molar-refractivity contribution in [3.63, 3.8) is 0 Å². The Hall–Kier alpha value is -3.10. The summed E-state index contributed by atoms with van der Waals surface area (Å²) in [6, 6.07) is 6.28. The first kappa shape index (κ1) is 27.5. The van der Waals surface area contributed by atoms with Crippen LogP contribution in [0, 0.1) is 12.7 Å². The number of aromatic nitrogens is 6. The maximum absolute atomic E-state index is 13.8. The molecule has 0 radical (unpaired) electrons. The molecular weight excluding hydrogens is 567 g/mol. The Balaban J connectivity index is 1.53. The van der Waals surface area contributed by atoms with Crippen molar-refractivity contribution in [1.29, 1.82) is 0 Å². The molecule has 5 rings (SSSR count). The largest absolute Gasteiger partial charge is 0.418 e. The predicted molar refractivity (Wildman–Crippen MR) is 131 cm³/mol. The van der Waals surface area contributed by atoms with Crippen LogP contribution in [0.2, 0.25) is 10.0 Å². The van der Waals surface area contributed by atoms with E-state index in [1.807, 2.05) is 0 Å². The number of ether oxygens (including phenoxy) is 1. The number of hydrogen-bond donors (Lipinski definition) is 2. The maximum atomic E-state index is 13.8. The van der Waals surface area contributed by atoms with Gasteiger partial charge in [-0.25, -0.2) is 18.7 Å². The summed E-state index contributed by atoms with van der Waals surface area (Å²) in [6.07, 6.45) is -6.62. The van der Waals surface area contributed by atoms with E-state index in [4.69, 9.17) is 27.9 Å². The van der Waals surface area contributed by atoms with Gasteiger partial charge in [-0.2, -0.15) is 18.3 Å². The molecule has 4 atom stereocenters. The normalized spacial score (nSPS) is 21.9. The number of aryl methyl sites for hydroxylation is 1. The number of benzene rings is 2. The topological polar surface area (TPSA) is 111 Å². The standard InChI is InChI=1S/C24H20Cl2F4N6O3/c1-11-31-23(36(33-11)18-7-13(25)3-4-14(18)24(28,29)30)20-8-19(22(38)21(10-37)39-20)35-9-17(32-34-35)12-2-5-16(27)15(26)6-12/h2-7,9,19-22,37-38H,8,10H2,1H3. The molecule has 206 valence electrons. The van der Waals surface area contributed by atoms with E-state index in [1.165, 1.54) is 36.0 Å². The summed E-state index contributed by atoms with van der Waals surface area (Å²) in [6.45, 7) is 0.912. The van der Waals surface area contributed by atoms with Crippen molar-refractivity contribution in [3.8, 4) is 16.9 Å². The summed E-state index contributed by atoms with van der Waals surface area (Å²) in [4.78, 5) is 4.31. The Kier molecular flexibility index (Phi) is 7.37. The second-order valence-electron chi connectivity index (χ2n) is 8.94. The van der Waals surface area contributed by atoms with Gasteiger partial charge in [0.15, 0.2) is 5.82 Å². The van der Waals surface area contributed by atoms with Gasteiger partial charge < -0.3 is 14.9 Å². The van der Waals surface area contributed by atoms with Gasteiger partial charge in [0.1, 0.15) is 35.6 Å². The molecular formula is C24H20Cl2F4N6O3. The lowest BCUT2D eigenvalue weighted by molar-refractivity contribution is -0.161. The van der Waals surface area contributed by atoms with Crippen LogP contribution in [0.5, 0.6) is 0 Å². The van der Waals surface area contributed by atoms with Crippen LogP contribution in [0.25, 0.3) is 16.9 Å². The first-order chi connectivity index (χ1) is 18.5. The second kappa shape index (κ2) is 10.5. The van der Waals surface area contributed by atoms with Crippen molar-refractivity contribution in [2.75, 3.05) is 6.61 Å². The van der Waals surface area contributed by atoms with Gasteiger partial charge in [-0.3, -0.25) is 0 Å². The van der Waals surface area contributed by atoms with E-state index in [1.54, 1.807) is 0 Å². The lowest BCUT2D eigenvalue weighted by Gasteiger charge is -2.38. The summed E-state index contributed by atoms with van der Waals surface area (Å²) in [5.41, 5.74) is -0.530. The molecule has 0 saturated carbocycles. The highest BCUT2D eigenvalue weighted by atomic mass is 35.5. The van der Waals surface area contributed by atoms with Gasteiger partial charge in [-0.05, 0) is 43.3 Å². The fourth-order valence-electron chi connectivity index (χ4n) is 4.50. The highest BCUT2D eigenvalue weighted by Crippen LogP contribution is 2.40. The summed E-state index contributed by atoms with van der Waals surface area (Å²) < 4.78 is 63.3. The fraction of sp³-hybridized carbons (Fsp3) is 0.333. The minimum absolute atomic E-state index is 0.00924. The number of aliphatic hydroxyl groups is 2. The van der Waals surface area contributed by atoms with Crippen LogP contribution in [0.1, 0.15) is 35.8 Å². The van der Waals surface area contributed by atoms with Crippen LogP contribution in [0.3, 0.4) is 0 Å². The Morgan fingerprint density at radius 2 is 1.92 bits per heavy atom. The minimum Gasteiger partial charge on any atom is -0.394 e. The lowest BCUT2D eigenvalue weighted by Crippen LogP contribution is -2.45. The van der Waals surface area contributed by atoms with E-state index in [0.29, 0.717) is 11.3 Å². The van der Waals surface area contributed by atoms with E-state index < -0.39 is 48.5 Å². The monoisotopic (exact) mass is 586 g/mol. The molecule has 1 fully saturated rings. The number of aliphatic hydroxyl groups excluding tert-OH is 2. The average molecular weight is 587 g/mol. The van der Waals surface area contributed by atoms with Gasteiger partial charge in [-0.15, -0.1) is 5.10 Å². The van der Waals surface area contributed by atoms with Gasteiger partial charge in [-0.1, -0.05) is 28.4 Å². The van der Waals surface area contributed by atoms with Crippen molar-refractivity contribution in [2.24, 2.45) is 0 Å². The molecule has 9 nitrogen and oxygen atoms in total. The van der Waals surface area contributed by atoms with E-state index in [9.17, 15) is 27.8 Å². The van der Waals surface area contributed by atoms with E-state index in [2.05, 4.69) is 20.4 Å². The summed E-state index contributed by atoms with van der Waals surface area (Å²) in [5, 5.41) is 33.1. The first-order valence-corrected chi connectivity index (χ1v) is 12.3. The summed E-state index contributed by atoms with van der Waals surface area (Å²) in [7, 11) is 0. The minimum atomic E-state index is -4.71. The lowest BCUT2D eigenvalue weighted by atomic mass is 9.95. The molecule has 0 amide bonds. The third-order valence-electron chi connectivity index (χ3n) is 6.33. The number of alkyl halides is 3. The highest BCUT2D eigenvalue weighted by molar-refractivity contribution is 6.31. The molecule has 3 heterocycles. The van der Waals surface area contributed by atoms with Crippen LogP contribution < -0.4 is 0 Å². The second-order valence-corrected chi connectivity index (χ2v) is 9.78. The zero-order valence-corrected chi connectivity index (χ0v) is 21.5. The van der Waals surface area contributed by atoms with Crippen molar-refractivity contribution in [1.82, 2.24) is 29.8 Å². The van der Waals surface area contributed by atoms with E-state index >= 15 is 0 Å². The highest BCUT2D eigenvalue weighted by Gasteiger charge is 2.42. The Morgan fingerprint density at radius 3 is 2.62 bits per heavy atom. The maximum Gasteiger partial charge on any atom is 0.418 e. The van der Waals surface area contributed by atoms with Crippen LogP contribution in [0.4, 0.5) is 17.6 Å². The number of halogens is 6. The molecule has 15 heteroatoms. The molecule has 1 aliphatic heterocycles. The third kappa shape index (κ3) is 5.37. The van der Waals surface area contributed by atoms with E-state index in [0.717, 1.165) is 22.9 Å². The molecule has 2 N–H and O–H groups in total. The average Bonchev–Trinajstić information content (AvgIpc) is 3.52. The van der Waals surface area contributed by atoms with Crippen LogP contribution in [0.15, 0.2) is 42.6 Å². The van der Waals surface area contributed by atoms with Crippen LogP contribution in [-0.2, 0) is 10.9 Å². The number of hydrogen-bond acceptors (Lipinski definition) is 7. The molecule has 39 heavy (non-hydrogen) atoms. The fourth-order valence-corrected chi connectivity index (χ4v) is 4.85. The number of nitrogens with zero attached hydrogens (tertiary/aromatic N) is 6. The van der Waals surface area contributed by atoms with Gasteiger partial charge in [0.2, 0.25) is 0 Å². The molecule has 1 aliphatic rings. The number of rotatable bonds is 5. The first-order valence-electron chi connectivity index (χ1n) is 11.6. The molecule has 0 aliphatic carbocycles. The van der Waals surface area contributed by atoms with Crippen molar-refractivity contribution in [2.45, 2.75) is 43.9 Å². The SMILES string of the molecule is Cc1nc(C2CC(n3cc(-c4ccc(F)c(Cl)c4)nn3)C(O)C(CO)O2)n(-c2cc(Cl)ccc2C(F)(F)F)n1. The third-order valence-corrected chi connectivity index (χ3v) is 6.86. The Morgan fingerprint density at radius 1 is 1.15 bits per heavy atom. The van der Waals surface area contributed by atoms with Crippen molar-refractivity contribution in [3.05, 3.63) is 75.7 Å².